The molecule has 0 radical (unpaired) electrons. The highest BCUT2D eigenvalue weighted by molar-refractivity contribution is 5.86. The Balaban J connectivity index is 1.26. The molecule has 8 nitrogen and oxygen atoms in total. The van der Waals surface area contributed by atoms with Crippen LogP contribution in [-0.2, 0) is 9.53 Å². The molecule has 0 spiro atoms. The maximum atomic E-state index is 12.9. The highest BCUT2D eigenvalue weighted by Crippen LogP contribution is 2.26. The summed E-state index contributed by atoms with van der Waals surface area (Å²) >= 11 is 0. The van der Waals surface area contributed by atoms with Crippen LogP contribution in [0.2, 0.25) is 0 Å². The Morgan fingerprint density at radius 2 is 1.87 bits per heavy atom. The topological polar surface area (TPSA) is 99.4 Å². The van der Waals surface area contributed by atoms with Crippen LogP contribution in [0.3, 0.4) is 0 Å². The van der Waals surface area contributed by atoms with Crippen molar-refractivity contribution >= 4 is 28.6 Å². The second kappa shape index (κ2) is 8.77. The highest BCUT2D eigenvalue weighted by atomic mass is 16.6. The predicted molar refractivity (Wildman–Crippen MR) is 120 cm³/mol. The first-order chi connectivity index (χ1) is 14.8. The zero-order valence-corrected chi connectivity index (χ0v) is 18.6. The maximum absolute atomic E-state index is 12.9. The van der Waals surface area contributed by atoms with E-state index in [1.807, 2.05) is 33.0 Å². The zero-order valence-electron chi connectivity index (χ0n) is 18.6. The van der Waals surface area contributed by atoms with Crippen LogP contribution in [-0.4, -0.2) is 57.4 Å². The molecule has 1 saturated heterocycles. The summed E-state index contributed by atoms with van der Waals surface area (Å²) in [6.45, 7) is 6.10. The van der Waals surface area contributed by atoms with Gasteiger partial charge in [0.25, 0.3) is 0 Å². The van der Waals surface area contributed by atoms with Crippen LogP contribution in [0.5, 0.6) is 0 Å². The summed E-state index contributed by atoms with van der Waals surface area (Å²) in [5.74, 6) is -0.0508. The SMILES string of the molecule is CC(C)(C)OC(=O)N1CCC[C@H]1C(=O)NC1CCC(Nc2ccc3[nH]ncc3c2)CC1. The molecule has 2 aliphatic rings. The van der Waals surface area contributed by atoms with E-state index in [1.165, 1.54) is 0 Å². The van der Waals surface area contributed by atoms with E-state index in [0.717, 1.165) is 48.7 Å². The predicted octanol–water partition coefficient (Wildman–Crippen LogP) is 3.80. The number of fused-ring (bicyclic) bond motifs is 1. The van der Waals surface area contributed by atoms with E-state index < -0.39 is 17.7 Å². The second-order valence-corrected chi connectivity index (χ2v) is 9.71. The Bertz CT molecular complexity index is 927. The minimum atomic E-state index is -0.561. The third-order valence-electron chi connectivity index (χ3n) is 6.07. The van der Waals surface area contributed by atoms with Gasteiger partial charge in [-0.1, -0.05) is 0 Å². The molecule has 31 heavy (non-hydrogen) atoms. The van der Waals surface area contributed by atoms with Crippen LogP contribution in [0.4, 0.5) is 10.5 Å². The molecule has 1 aliphatic carbocycles. The summed E-state index contributed by atoms with van der Waals surface area (Å²) in [7, 11) is 0. The van der Waals surface area contributed by atoms with Crippen molar-refractivity contribution in [1.29, 1.82) is 0 Å². The van der Waals surface area contributed by atoms with E-state index in [0.29, 0.717) is 19.0 Å². The molecular weight excluding hydrogens is 394 g/mol. The van der Waals surface area contributed by atoms with Crippen LogP contribution in [0.15, 0.2) is 24.4 Å². The number of hydrogen-bond donors (Lipinski definition) is 3. The number of likely N-dealkylation sites (tertiary alicyclic amines) is 1. The molecule has 1 aromatic carbocycles. The largest absolute Gasteiger partial charge is 0.444 e. The summed E-state index contributed by atoms with van der Waals surface area (Å²) in [6, 6.07) is 6.34. The number of anilines is 1. The van der Waals surface area contributed by atoms with Gasteiger partial charge in [0.05, 0.1) is 11.7 Å². The number of H-pyrrole nitrogens is 1. The highest BCUT2D eigenvalue weighted by Gasteiger charge is 2.37. The lowest BCUT2D eigenvalue weighted by Gasteiger charge is -2.32. The summed E-state index contributed by atoms with van der Waals surface area (Å²) in [6.07, 6.45) is 6.80. The Labute approximate surface area is 183 Å². The van der Waals surface area contributed by atoms with Gasteiger partial charge in [0.2, 0.25) is 5.91 Å². The lowest BCUT2D eigenvalue weighted by atomic mass is 9.90. The standard InChI is InChI=1S/C23H33N5O3/c1-23(2,3)31-22(30)28-12-4-5-20(28)21(29)26-17-8-6-16(7-9-17)25-18-10-11-19-15(13-18)14-24-27-19/h10-11,13-14,16-17,20,25H,4-9,12H2,1-3H3,(H,24,27)(H,26,29)/t16?,17?,20-/m0/s1. The number of nitrogens with zero attached hydrogens (tertiary/aromatic N) is 2. The first-order valence-corrected chi connectivity index (χ1v) is 11.3. The van der Waals surface area contributed by atoms with Gasteiger partial charge in [0.1, 0.15) is 11.6 Å². The van der Waals surface area contributed by atoms with Gasteiger partial charge in [-0.25, -0.2) is 4.79 Å². The number of benzene rings is 1. The van der Waals surface area contributed by atoms with E-state index >= 15 is 0 Å². The molecule has 0 bridgehead atoms. The molecule has 1 aromatic heterocycles. The van der Waals surface area contributed by atoms with Gasteiger partial charge in [-0.2, -0.15) is 5.10 Å². The van der Waals surface area contributed by atoms with Crippen molar-refractivity contribution in [2.45, 2.75) is 83.0 Å². The van der Waals surface area contributed by atoms with Gasteiger partial charge in [-0.15, -0.1) is 0 Å². The number of nitrogens with one attached hydrogen (secondary N) is 3. The van der Waals surface area contributed by atoms with Crippen LogP contribution in [0.25, 0.3) is 10.9 Å². The number of aromatic nitrogens is 2. The van der Waals surface area contributed by atoms with Crippen LogP contribution in [0, 0.1) is 0 Å². The van der Waals surface area contributed by atoms with Crippen molar-refractivity contribution in [2.75, 3.05) is 11.9 Å². The molecule has 1 saturated carbocycles. The molecule has 2 fully saturated rings. The fourth-order valence-corrected chi connectivity index (χ4v) is 4.53. The van der Waals surface area contributed by atoms with Crippen molar-refractivity contribution < 1.29 is 14.3 Å². The number of carbonyl (C=O) groups excluding carboxylic acids is 2. The average molecular weight is 428 g/mol. The third kappa shape index (κ3) is 5.29. The van der Waals surface area contributed by atoms with E-state index in [4.69, 9.17) is 4.74 Å². The molecule has 2 amide bonds. The lowest BCUT2D eigenvalue weighted by molar-refractivity contribution is -0.126. The first kappa shape index (κ1) is 21.5. The van der Waals surface area contributed by atoms with Crippen molar-refractivity contribution in [3.8, 4) is 0 Å². The summed E-state index contributed by atoms with van der Waals surface area (Å²) in [5, 5.41) is 14.9. The van der Waals surface area contributed by atoms with Crippen molar-refractivity contribution in [2.24, 2.45) is 0 Å². The monoisotopic (exact) mass is 427 g/mol. The van der Waals surface area contributed by atoms with Crippen molar-refractivity contribution in [1.82, 2.24) is 20.4 Å². The fraction of sp³-hybridized carbons (Fsp3) is 0.609. The van der Waals surface area contributed by atoms with Gasteiger partial charge in [-0.3, -0.25) is 14.8 Å². The molecule has 168 valence electrons. The second-order valence-electron chi connectivity index (χ2n) is 9.71. The Morgan fingerprint density at radius 1 is 1.13 bits per heavy atom. The van der Waals surface area contributed by atoms with E-state index in [1.54, 1.807) is 4.90 Å². The van der Waals surface area contributed by atoms with Gasteiger partial charge < -0.3 is 15.4 Å². The smallest absolute Gasteiger partial charge is 0.410 e. The average Bonchev–Trinajstić information content (AvgIpc) is 3.37. The molecule has 3 N–H and O–H groups in total. The number of ether oxygens (including phenoxy) is 1. The van der Waals surface area contributed by atoms with Crippen molar-refractivity contribution in [3.63, 3.8) is 0 Å². The van der Waals surface area contributed by atoms with Crippen LogP contribution in [0.1, 0.15) is 59.3 Å². The molecule has 4 rings (SSSR count). The van der Waals surface area contributed by atoms with Gasteiger partial charge in [0.15, 0.2) is 0 Å². The number of rotatable bonds is 4. The number of carbonyl (C=O) groups is 2. The molecule has 2 aromatic rings. The lowest BCUT2D eigenvalue weighted by Crippen LogP contribution is -2.50. The Morgan fingerprint density at radius 3 is 2.61 bits per heavy atom. The Kier molecular flexibility index (Phi) is 6.07. The number of aromatic amines is 1. The summed E-state index contributed by atoms with van der Waals surface area (Å²) < 4.78 is 5.48. The quantitative estimate of drug-likeness (QED) is 0.689. The normalized spacial score (nSPS) is 24.2. The zero-order chi connectivity index (χ0) is 22.0. The van der Waals surface area contributed by atoms with Crippen LogP contribution >= 0.6 is 0 Å². The Hall–Kier alpha value is -2.77. The number of hydrogen-bond acceptors (Lipinski definition) is 5. The first-order valence-electron chi connectivity index (χ1n) is 11.3. The summed E-state index contributed by atoms with van der Waals surface area (Å²) in [4.78, 5) is 26.9. The van der Waals surface area contributed by atoms with E-state index in [9.17, 15) is 9.59 Å². The fourth-order valence-electron chi connectivity index (χ4n) is 4.53. The molecular formula is C23H33N5O3. The molecule has 1 atom stereocenters. The third-order valence-corrected chi connectivity index (χ3v) is 6.07. The van der Waals surface area contributed by atoms with E-state index in [2.05, 4.69) is 33.0 Å². The molecule has 2 heterocycles. The number of amides is 2. The molecule has 0 unspecified atom stereocenters. The van der Waals surface area contributed by atoms with Crippen LogP contribution < -0.4 is 10.6 Å². The van der Waals surface area contributed by atoms with Gasteiger partial charge in [0, 0.05) is 29.7 Å². The van der Waals surface area contributed by atoms with E-state index in [-0.39, 0.29) is 11.9 Å². The van der Waals surface area contributed by atoms with Crippen molar-refractivity contribution in [3.05, 3.63) is 24.4 Å². The minimum absolute atomic E-state index is 0.0508. The maximum Gasteiger partial charge on any atom is 0.410 e. The van der Waals surface area contributed by atoms with Gasteiger partial charge >= 0.3 is 6.09 Å². The van der Waals surface area contributed by atoms with Gasteiger partial charge in [-0.05, 0) is 77.5 Å². The molecule has 8 heteroatoms. The minimum Gasteiger partial charge on any atom is -0.444 e. The molecule has 1 aliphatic heterocycles. The summed E-state index contributed by atoms with van der Waals surface area (Å²) in [5.41, 5.74) is 1.57.